The predicted molar refractivity (Wildman–Crippen MR) is 104 cm³/mol. The van der Waals surface area contributed by atoms with Gasteiger partial charge in [0.2, 0.25) is 0 Å². The van der Waals surface area contributed by atoms with Crippen molar-refractivity contribution in [2.75, 3.05) is 19.6 Å². The van der Waals surface area contributed by atoms with Gasteiger partial charge in [-0.15, -0.1) is 0 Å². The molecule has 0 atom stereocenters. The van der Waals surface area contributed by atoms with Crippen LogP contribution in [0.2, 0.25) is 0 Å². The van der Waals surface area contributed by atoms with E-state index in [9.17, 15) is 19.2 Å². The average Bonchev–Trinajstić information content (AvgIpc) is 3.26. The molecule has 3 amide bonds. The Morgan fingerprint density at radius 1 is 1.10 bits per heavy atom. The van der Waals surface area contributed by atoms with Crippen molar-refractivity contribution in [2.45, 2.75) is 19.4 Å². The van der Waals surface area contributed by atoms with Crippen LogP contribution in [0.5, 0.6) is 0 Å². The smallest absolute Gasteiger partial charge is 0.309 e. The highest BCUT2D eigenvalue weighted by molar-refractivity contribution is 6.35. The van der Waals surface area contributed by atoms with Crippen LogP contribution in [0.3, 0.4) is 0 Å². The van der Waals surface area contributed by atoms with E-state index in [0.717, 1.165) is 0 Å². The topological polar surface area (TPSA) is 114 Å². The van der Waals surface area contributed by atoms with E-state index in [-0.39, 0.29) is 29.5 Å². The Morgan fingerprint density at radius 2 is 1.83 bits per heavy atom. The summed E-state index contributed by atoms with van der Waals surface area (Å²) in [5, 5.41) is 5.13. The summed E-state index contributed by atoms with van der Waals surface area (Å²) in [5.41, 5.74) is -0.151. The minimum atomic E-state index is -0.714. The first-order valence-corrected chi connectivity index (χ1v) is 9.49. The van der Waals surface area contributed by atoms with Crippen LogP contribution in [0.25, 0.3) is 0 Å². The zero-order chi connectivity index (χ0) is 20.8. The zero-order valence-electron chi connectivity index (χ0n) is 16.2. The molecule has 0 aromatic carbocycles. The average molecular weight is 400 g/mol. The minimum absolute atomic E-state index is 0.151. The van der Waals surface area contributed by atoms with Crippen LogP contribution in [0, 0.1) is 5.92 Å². The van der Waals surface area contributed by atoms with E-state index in [1.165, 1.54) is 16.9 Å². The largest absolute Gasteiger partial charge is 0.467 e. The first-order chi connectivity index (χ1) is 14.0. The van der Waals surface area contributed by atoms with Crippen molar-refractivity contribution in [1.29, 1.82) is 0 Å². The molecule has 1 aliphatic heterocycles. The summed E-state index contributed by atoms with van der Waals surface area (Å²) in [6.45, 7) is 1.52. The maximum absolute atomic E-state index is 12.6. The Bertz CT molecular complexity index is 927. The fraction of sp³-hybridized carbons (Fsp3) is 0.400. The third-order valence-corrected chi connectivity index (χ3v) is 5.02. The van der Waals surface area contributed by atoms with Crippen molar-refractivity contribution in [2.24, 2.45) is 13.0 Å². The van der Waals surface area contributed by atoms with Gasteiger partial charge in [-0.1, -0.05) is 0 Å². The number of hydrogen-bond acceptors (Lipinski definition) is 5. The molecule has 3 heterocycles. The molecular weight excluding hydrogens is 376 g/mol. The lowest BCUT2D eigenvalue weighted by atomic mass is 9.96. The van der Waals surface area contributed by atoms with Crippen molar-refractivity contribution >= 4 is 17.7 Å². The minimum Gasteiger partial charge on any atom is -0.467 e. The molecule has 154 valence electrons. The van der Waals surface area contributed by atoms with Crippen LogP contribution in [0.1, 0.15) is 29.0 Å². The predicted octanol–water partition coefficient (Wildman–Crippen LogP) is 0.263. The number of likely N-dealkylation sites (tertiary alicyclic amines) is 1. The first kappa shape index (κ1) is 20.4. The number of aryl methyl sites for hydroxylation is 1. The first-order valence-electron chi connectivity index (χ1n) is 9.49. The second-order valence-corrected chi connectivity index (χ2v) is 7.05. The molecule has 0 bridgehead atoms. The highest BCUT2D eigenvalue weighted by Gasteiger charge is 2.26. The van der Waals surface area contributed by atoms with Crippen LogP contribution >= 0.6 is 0 Å². The van der Waals surface area contributed by atoms with Gasteiger partial charge in [-0.05, 0) is 43.0 Å². The number of piperidine rings is 1. The Kier molecular flexibility index (Phi) is 6.48. The van der Waals surface area contributed by atoms with Crippen LogP contribution in [0.15, 0.2) is 45.9 Å². The molecule has 1 saturated heterocycles. The number of nitrogens with one attached hydrogen (secondary N) is 2. The van der Waals surface area contributed by atoms with Gasteiger partial charge in [0.25, 0.3) is 11.5 Å². The Labute approximate surface area is 167 Å². The Morgan fingerprint density at radius 3 is 2.52 bits per heavy atom. The van der Waals surface area contributed by atoms with E-state index in [4.69, 9.17) is 4.42 Å². The van der Waals surface area contributed by atoms with Gasteiger partial charge in [0.05, 0.1) is 12.8 Å². The lowest BCUT2D eigenvalue weighted by Gasteiger charge is -2.32. The van der Waals surface area contributed by atoms with Crippen molar-refractivity contribution in [3.8, 4) is 0 Å². The summed E-state index contributed by atoms with van der Waals surface area (Å²) in [6, 6.07) is 6.62. The highest BCUT2D eigenvalue weighted by Crippen LogP contribution is 2.17. The van der Waals surface area contributed by atoms with Crippen LogP contribution in [-0.2, 0) is 23.2 Å². The van der Waals surface area contributed by atoms with Crippen LogP contribution in [-0.4, -0.2) is 46.8 Å². The molecule has 0 spiro atoms. The maximum Gasteiger partial charge on any atom is 0.309 e. The fourth-order valence-corrected chi connectivity index (χ4v) is 3.25. The summed E-state index contributed by atoms with van der Waals surface area (Å²) in [4.78, 5) is 50.1. The molecule has 9 nitrogen and oxygen atoms in total. The molecule has 2 N–H and O–H groups in total. The Balaban J connectivity index is 1.42. The van der Waals surface area contributed by atoms with E-state index < -0.39 is 11.8 Å². The lowest BCUT2D eigenvalue weighted by Crippen LogP contribution is -2.45. The fourth-order valence-electron chi connectivity index (χ4n) is 3.25. The standard InChI is InChI=1S/C20H24N4O5/c1-23-8-2-5-16(19(23)27)20(28)24-9-6-14(7-10-24)12-21-17(25)18(26)22-13-15-4-3-11-29-15/h2-5,8,11,14H,6-7,9-10,12-13H2,1H3,(H,21,25)(H,22,26). The van der Waals surface area contributed by atoms with Gasteiger partial charge in [-0.25, -0.2) is 0 Å². The molecule has 2 aromatic heterocycles. The molecule has 0 saturated carbocycles. The molecule has 0 aliphatic carbocycles. The quantitative estimate of drug-likeness (QED) is 0.699. The second kappa shape index (κ2) is 9.22. The third kappa shape index (κ3) is 5.13. The number of carbonyl (C=O) groups is 3. The van der Waals surface area contributed by atoms with Gasteiger partial charge in [0, 0.05) is 32.9 Å². The van der Waals surface area contributed by atoms with Gasteiger partial charge in [0.1, 0.15) is 11.3 Å². The summed E-state index contributed by atoms with van der Waals surface area (Å²) >= 11 is 0. The number of amides is 3. The van der Waals surface area contributed by atoms with Crippen molar-refractivity contribution in [1.82, 2.24) is 20.1 Å². The summed E-state index contributed by atoms with van der Waals surface area (Å²) < 4.78 is 6.48. The molecule has 1 fully saturated rings. The molecule has 29 heavy (non-hydrogen) atoms. The molecule has 0 radical (unpaired) electrons. The molecule has 9 heteroatoms. The third-order valence-electron chi connectivity index (χ3n) is 5.02. The number of nitrogens with zero attached hydrogens (tertiary/aromatic N) is 2. The maximum atomic E-state index is 12.6. The molecule has 2 aromatic rings. The van der Waals surface area contributed by atoms with E-state index in [1.807, 2.05) is 0 Å². The van der Waals surface area contributed by atoms with Crippen molar-refractivity contribution in [3.05, 3.63) is 58.4 Å². The van der Waals surface area contributed by atoms with Gasteiger partial charge in [-0.3, -0.25) is 19.2 Å². The van der Waals surface area contributed by atoms with Gasteiger partial charge >= 0.3 is 11.8 Å². The number of carbonyl (C=O) groups excluding carboxylic acids is 3. The molecule has 1 aliphatic rings. The van der Waals surface area contributed by atoms with Gasteiger partial charge < -0.3 is 24.5 Å². The lowest BCUT2D eigenvalue weighted by molar-refractivity contribution is -0.139. The van der Waals surface area contributed by atoms with E-state index in [1.54, 1.807) is 36.3 Å². The monoisotopic (exact) mass is 400 g/mol. The van der Waals surface area contributed by atoms with Crippen molar-refractivity contribution < 1.29 is 18.8 Å². The van der Waals surface area contributed by atoms with E-state index in [2.05, 4.69) is 10.6 Å². The summed E-state index contributed by atoms with van der Waals surface area (Å²) in [5.74, 6) is -0.946. The SMILES string of the molecule is Cn1cccc(C(=O)N2CCC(CNC(=O)C(=O)NCc3ccco3)CC2)c1=O. The number of pyridine rings is 1. The molecule has 0 unspecified atom stereocenters. The van der Waals surface area contributed by atoms with Crippen LogP contribution in [0.4, 0.5) is 0 Å². The number of rotatable bonds is 5. The molecule has 3 rings (SSSR count). The van der Waals surface area contributed by atoms with E-state index in [0.29, 0.717) is 38.2 Å². The summed E-state index contributed by atoms with van der Waals surface area (Å²) in [6.07, 6.45) is 4.48. The number of furan rings is 1. The van der Waals surface area contributed by atoms with Crippen molar-refractivity contribution in [3.63, 3.8) is 0 Å². The normalized spacial score (nSPS) is 14.4. The molecular formula is C20H24N4O5. The van der Waals surface area contributed by atoms with Crippen LogP contribution < -0.4 is 16.2 Å². The zero-order valence-corrected chi connectivity index (χ0v) is 16.2. The van der Waals surface area contributed by atoms with Gasteiger partial charge in [0.15, 0.2) is 0 Å². The summed E-state index contributed by atoms with van der Waals surface area (Å²) in [7, 11) is 1.61. The number of hydrogen-bond donors (Lipinski definition) is 2. The second-order valence-electron chi connectivity index (χ2n) is 7.05. The Hall–Kier alpha value is -3.36. The number of aromatic nitrogens is 1. The van der Waals surface area contributed by atoms with Gasteiger partial charge in [-0.2, -0.15) is 0 Å². The highest BCUT2D eigenvalue weighted by atomic mass is 16.3. The van der Waals surface area contributed by atoms with E-state index >= 15 is 0 Å².